The molecule has 3 rings (SSSR count). The van der Waals surface area contributed by atoms with E-state index in [1.165, 1.54) is 0 Å². The molecule has 11 heteroatoms. The summed E-state index contributed by atoms with van der Waals surface area (Å²) in [5.41, 5.74) is 10.8. The predicted molar refractivity (Wildman–Crippen MR) is 140 cm³/mol. The minimum absolute atomic E-state index is 0.122. The molecule has 0 atom stereocenters. The van der Waals surface area contributed by atoms with Crippen molar-refractivity contribution in [2.24, 2.45) is 22.4 Å². The van der Waals surface area contributed by atoms with Crippen LogP contribution in [0.4, 0.5) is 4.79 Å². The van der Waals surface area contributed by atoms with Gasteiger partial charge in [0.25, 0.3) is 0 Å². The Morgan fingerprint density at radius 2 is 1.69 bits per heavy atom. The maximum absolute atomic E-state index is 12.7. The minimum atomic E-state index is -0.928. The number of urea groups is 1. The summed E-state index contributed by atoms with van der Waals surface area (Å²) in [4.78, 5) is 46.0. The van der Waals surface area contributed by atoms with Crippen molar-refractivity contribution in [1.82, 2.24) is 25.3 Å². The van der Waals surface area contributed by atoms with E-state index in [1.54, 1.807) is 47.9 Å². The number of rotatable bonds is 8. The van der Waals surface area contributed by atoms with Crippen LogP contribution in [0.2, 0.25) is 0 Å². The fourth-order valence-corrected chi connectivity index (χ4v) is 5.09. The van der Waals surface area contributed by atoms with Crippen LogP contribution in [0.1, 0.15) is 52.4 Å². The van der Waals surface area contributed by atoms with E-state index in [4.69, 9.17) is 11.5 Å². The molecule has 36 heavy (non-hydrogen) atoms. The molecule has 1 aliphatic heterocycles. The number of amides is 4. The van der Waals surface area contributed by atoms with Crippen LogP contribution >= 0.6 is 0 Å². The highest BCUT2D eigenvalue weighted by Crippen LogP contribution is 2.28. The Morgan fingerprint density at radius 3 is 2.22 bits per heavy atom. The van der Waals surface area contributed by atoms with Crippen LogP contribution in [0.25, 0.3) is 0 Å². The van der Waals surface area contributed by atoms with Crippen LogP contribution in [0, 0.1) is 5.92 Å². The molecule has 3 fully saturated rings. The lowest BCUT2D eigenvalue weighted by Gasteiger charge is -2.37. The van der Waals surface area contributed by atoms with Gasteiger partial charge in [-0.25, -0.2) is 4.79 Å². The third-order valence-electron chi connectivity index (χ3n) is 7.52. The molecule has 3 aliphatic rings. The van der Waals surface area contributed by atoms with Crippen molar-refractivity contribution in [1.29, 1.82) is 0 Å². The Hall–Kier alpha value is -2.50. The van der Waals surface area contributed by atoms with Gasteiger partial charge < -0.3 is 31.5 Å². The molecule has 0 unspecified atom stereocenters. The third kappa shape index (κ3) is 7.75. The summed E-state index contributed by atoms with van der Waals surface area (Å²) in [6.07, 6.45) is 10.4. The van der Waals surface area contributed by atoms with Crippen molar-refractivity contribution >= 4 is 24.2 Å². The number of piperazine rings is 1. The molecule has 6 N–H and O–H groups in total. The fraction of sp³-hybridized carbons (Fsp3) is 0.760. The number of nitrogens with zero attached hydrogens (tertiary/aromatic N) is 4. The minimum Gasteiger partial charge on any atom is -0.338 e. The van der Waals surface area contributed by atoms with Crippen LogP contribution in [0.15, 0.2) is 17.3 Å². The van der Waals surface area contributed by atoms with E-state index >= 15 is 0 Å². The summed E-state index contributed by atoms with van der Waals surface area (Å²) in [7, 11) is 1.60. The summed E-state index contributed by atoms with van der Waals surface area (Å²) in [5.74, 6) is 0.892. The van der Waals surface area contributed by atoms with E-state index < -0.39 is 5.54 Å². The van der Waals surface area contributed by atoms with Crippen molar-refractivity contribution < 1.29 is 14.4 Å². The first-order valence-electron chi connectivity index (χ1n) is 13.1. The number of carbonyl (C=O) groups is 3. The monoisotopic (exact) mass is 504 g/mol. The molecular weight excluding hydrogens is 460 g/mol. The third-order valence-corrected chi connectivity index (χ3v) is 7.52. The normalized spacial score (nSPS) is 27.5. The predicted octanol–water partition coefficient (Wildman–Crippen LogP) is 0.216. The molecule has 0 radical (unpaired) electrons. The smallest absolute Gasteiger partial charge is 0.323 e. The number of nitrogens with one attached hydrogen (secondary N) is 2. The molecule has 2 saturated carbocycles. The molecule has 4 amide bonds. The Kier molecular flexibility index (Phi) is 9.86. The maximum atomic E-state index is 12.7. The number of nitrogens with two attached hydrogens (primary N) is 2. The van der Waals surface area contributed by atoms with Gasteiger partial charge in [0.1, 0.15) is 5.84 Å². The van der Waals surface area contributed by atoms with Gasteiger partial charge in [-0.1, -0.05) is 0 Å². The first kappa shape index (κ1) is 28.1. The SMILES string of the molecule is CN=C(/C=C\N(C=O)C1CCC(CNC2CC(N)C2)CC1)NC(=O)N1CCN(C(=O)C(C)(C)N)CC1. The van der Waals surface area contributed by atoms with E-state index in [0.29, 0.717) is 50.0 Å². The van der Waals surface area contributed by atoms with Crippen LogP contribution in [-0.2, 0) is 9.59 Å². The second kappa shape index (κ2) is 12.6. The van der Waals surface area contributed by atoms with Gasteiger partial charge in [0.05, 0.1) is 5.54 Å². The first-order valence-corrected chi connectivity index (χ1v) is 13.1. The number of hydrogen-bond donors (Lipinski definition) is 4. The summed E-state index contributed by atoms with van der Waals surface area (Å²) in [6.45, 7) is 6.10. The van der Waals surface area contributed by atoms with Crippen LogP contribution < -0.4 is 22.1 Å². The Morgan fingerprint density at radius 1 is 1.08 bits per heavy atom. The molecule has 2 aliphatic carbocycles. The van der Waals surface area contributed by atoms with Gasteiger partial charge in [-0.05, 0) is 70.9 Å². The zero-order valence-electron chi connectivity index (χ0n) is 22.0. The van der Waals surface area contributed by atoms with Crippen LogP contribution in [0.5, 0.6) is 0 Å². The molecule has 1 saturated heterocycles. The van der Waals surface area contributed by atoms with E-state index in [-0.39, 0.29) is 18.0 Å². The maximum Gasteiger partial charge on any atom is 0.323 e. The van der Waals surface area contributed by atoms with Crippen molar-refractivity contribution in [3.8, 4) is 0 Å². The molecule has 11 nitrogen and oxygen atoms in total. The van der Waals surface area contributed by atoms with E-state index in [9.17, 15) is 14.4 Å². The number of amidine groups is 1. The summed E-state index contributed by atoms with van der Waals surface area (Å²) >= 11 is 0. The second-order valence-corrected chi connectivity index (χ2v) is 10.9. The Bertz CT molecular complexity index is 818. The average molecular weight is 505 g/mol. The van der Waals surface area contributed by atoms with E-state index in [1.807, 2.05) is 0 Å². The Labute approximate surface area is 214 Å². The number of carbonyl (C=O) groups excluding carboxylic acids is 3. The van der Waals surface area contributed by atoms with Gasteiger partial charge in [-0.15, -0.1) is 0 Å². The highest BCUT2D eigenvalue weighted by molar-refractivity contribution is 6.03. The summed E-state index contributed by atoms with van der Waals surface area (Å²) < 4.78 is 0. The van der Waals surface area contributed by atoms with Crippen molar-refractivity contribution in [2.45, 2.75) is 76.0 Å². The Balaban J connectivity index is 1.41. The quantitative estimate of drug-likeness (QED) is 0.211. The second-order valence-electron chi connectivity index (χ2n) is 10.9. The highest BCUT2D eigenvalue weighted by atomic mass is 16.2. The van der Waals surface area contributed by atoms with Crippen LogP contribution in [0.3, 0.4) is 0 Å². The zero-order valence-corrected chi connectivity index (χ0v) is 22.0. The van der Waals surface area contributed by atoms with Gasteiger partial charge in [-0.2, -0.15) is 0 Å². The van der Waals surface area contributed by atoms with Crippen LogP contribution in [-0.4, -0.2) is 102 Å². The van der Waals surface area contributed by atoms with Gasteiger partial charge in [0.2, 0.25) is 12.3 Å². The molecule has 0 aromatic rings. The molecule has 1 heterocycles. The number of hydrogen-bond acceptors (Lipinski definition) is 7. The lowest BCUT2D eigenvalue weighted by Crippen LogP contribution is -2.59. The lowest BCUT2D eigenvalue weighted by molar-refractivity contribution is -0.137. The number of aliphatic imine (C=N–C) groups is 1. The molecule has 202 valence electrons. The first-order chi connectivity index (χ1) is 17.1. The summed E-state index contributed by atoms with van der Waals surface area (Å²) in [6, 6.07) is 0.798. The largest absolute Gasteiger partial charge is 0.338 e. The standard InChI is InChI=1S/C25H44N8O3/c1-25(2,27)23(35)31-10-12-32(13-11-31)24(36)30-22(28-3)8-9-33(17-34)21-6-4-18(5-7-21)16-29-20-14-19(26)15-20/h8-9,17-21,29H,4-7,10-16,26-27H2,1-3H3,(H,28,30,36)/b9-8-. The van der Waals surface area contributed by atoms with Gasteiger partial charge in [-0.3, -0.25) is 19.9 Å². The molecule has 0 aromatic carbocycles. The summed E-state index contributed by atoms with van der Waals surface area (Å²) in [5, 5.41) is 6.43. The lowest BCUT2D eigenvalue weighted by atomic mass is 9.83. The average Bonchev–Trinajstić information content (AvgIpc) is 2.85. The molecule has 0 bridgehead atoms. The van der Waals surface area contributed by atoms with Crippen molar-refractivity contribution in [2.75, 3.05) is 39.8 Å². The van der Waals surface area contributed by atoms with Gasteiger partial charge >= 0.3 is 6.03 Å². The van der Waals surface area contributed by atoms with E-state index in [2.05, 4.69) is 15.6 Å². The molecular formula is C25H44N8O3. The zero-order chi connectivity index (χ0) is 26.3. The van der Waals surface area contributed by atoms with Gasteiger partial charge in [0, 0.05) is 57.6 Å². The van der Waals surface area contributed by atoms with Gasteiger partial charge in [0.15, 0.2) is 0 Å². The topological polar surface area (TPSA) is 149 Å². The highest BCUT2D eigenvalue weighted by Gasteiger charge is 2.32. The van der Waals surface area contributed by atoms with E-state index in [0.717, 1.165) is 51.5 Å². The van der Waals surface area contributed by atoms with Crippen molar-refractivity contribution in [3.05, 3.63) is 12.3 Å². The van der Waals surface area contributed by atoms with Crippen molar-refractivity contribution in [3.63, 3.8) is 0 Å². The molecule has 0 spiro atoms. The fourth-order valence-electron chi connectivity index (χ4n) is 5.09. The molecule has 0 aromatic heterocycles.